The number of aromatic nitrogens is 1. The van der Waals surface area contributed by atoms with Gasteiger partial charge in [-0.05, 0) is 53.0 Å². The van der Waals surface area contributed by atoms with Gasteiger partial charge in [0.2, 0.25) is 0 Å². The number of ether oxygens (including phenoxy) is 2. The first-order chi connectivity index (χ1) is 14.1. The lowest BCUT2D eigenvalue weighted by Gasteiger charge is -2.35. The molecule has 1 aromatic heterocycles. The fraction of sp³-hybridized carbons (Fsp3) is 0.500. The number of rotatable bonds is 5. The molecule has 0 spiro atoms. The Labute approximate surface area is 177 Å². The maximum absolute atomic E-state index is 13.5. The molecule has 1 N–H and O–H groups in total. The summed E-state index contributed by atoms with van der Waals surface area (Å²) in [7, 11) is 0. The zero-order chi connectivity index (χ0) is 22.1. The van der Waals surface area contributed by atoms with Gasteiger partial charge in [0, 0.05) is 36.1 Å². The maximum Gasteiger partial charge on any atom is 0.339 e. The van der Waals surface area contributed by atoms with Crippen molar-refractivity contribution in [2.45, 2.75) is 65.2 Å². The first-order valence-electron chi connectivity index (χ1n) is 10.4. The number of carboxylic acids is 1. The van der Waals surface area contributed by atoms with Crippen molar-refractivity contribution in [1.29, 1.82) is 0 Å². The summed E-state index contributed by atoms with van der Waals surface area (Å²) in [5.41, 5.74) is 2.23. The van der Waals surface area contributed by atoms with E-state index < -0.39 is 17.7 Å². The molecule has 0 bridgehead atoms. The molecular formula is C24H31NO5. The molecule has 1 fully saturated rings. The van der Waals surface area contributed by atoms with Crippen LogP contribution in [-0.4, -0.2) is 34.5 Å². The van der Waals surface area contributed by atoms with Crippen molar-refractivity contribution < 1.29 is 19.4 Å². The van der Waals surface area contributed by atoms with Crippen molar-refractivity contribution in [3.63, 3.8) is 0 Å². The number of carbonyl (C=O) groups is 1. The third-order valence-corrected chi connectivity index (χ3v) is 5.50. The first kappa shape index (κ1) is 22.2. The second-order valence-corrected chi connectivity index (χ2v) is 8.83. The summed E-state index contributed by atoms with van der Waals surface area (Å²) in [6.45, 7) is 10.3. The summed E-state index contributed by atoms with van der Waals surface area (Å²) in [4.78, 5) is 25.7. The second kappa shape index (κ2) is 8.74. The number of benzene rings is 1. The van der Waals surface area contributed by atoms with Gasteiger partial charge in [-0.2, -0.15) is 0 Å². The molecule has 1 saturated heterocycles. The average molecular weight is 414 g/mol. The van der Waals surface area contributed by atoms with Gasteiger partial charge in [0.25, 0.3) is 0 Å². The molecule has 30 heavy (non-hydrogen) atoms. The maximum atomic E-state index is 13.5. The van der Waals surface area contributed by atoms with Gasteiger partial charge in [0.1, 0.15) is 0 Å². The second-order valence-electron chi connectivity index (χ2n) is 8.83. The topological polar surface area (TPSA) is 77.8 Å². The number of aliphatic carboxylic acids is 1. The number of hydrogen-bond donors (Lipinski definition) is 1. The van der Waals surface area contributed by atoms with Crippen molar-refractivity contribution in [3.05, 3.63) is 57.5 Å². The molecule has 1 aliphatic heterocycles. The van der Waals surface area contributed by atoms with Crippen LogP contribution in [0.15, 0.2) is 35.1 Å². The van der Waals surface area contributed by atoms with Gasteiger partial charge in [0.15, 0.2) is 11.5 Å². The minimum Gasteiger partial charge on any atom is -0.479 e. The Morgan fingerprint density at radius 3 is 2.30 bits per heavy atom. The van der Waals surface area contributed by atoms with E-state index in [1.165, 1.54) is 0 Å². The predicted molar refractivity (Wildman–Crippen MR) is 116 cm³/mol. The molecule has 6 heteroatoms. The summed E-state index contributed by atoms with van der Waals surface area (Å²) in [5, 5.41) is 10.0. The molecule has 162 valence electrons. The highest BCUT2D eigenvalue weighted by Gasteiger charge is 2.35. The Hall–Kier alpha value is -2.44. The van der Waals surface area contributed by atoms with Crippen LogP contribution in [0.5, 0.6) is 0 Å². The molecule has 6 nitrogen and oxygen atoms in total. The molecular weight excluding hydrogens is 382 g/mol. The lowest BCUT2D eigenvalue weighted by atomic mass is 9.95. The highest BCUT2D eigenvalue weighted by molar-refractivity contribution is 5.76. The van der Waals surface area contributed by atoms with E-state index in [1.54, 1.807) is 6.92 Å². The van der Waals surface area contributed by atoms with Gasteiger partial charge in [-0.15, -0.1) is 0 Å². The van der Waals surface area contributed by atoms with E-state index in [9.17, 15) is 14.7 Å². The molecule has 1 unspecified atom stereocenters. The monoisotopic (exact) mass is 413 g/mol. The van der Waals surface area contributed by atoms with Crippen LogP contribution in [0.1, 0.15) is 62.7 Å². The third kappa shape index (κ3) is 4.50. The van der Waals surface area contributed by atoms with Gasteiger partial charge in [-0.25, -0.2) is 4.79 Å². The summed E-state index contributed by atoms with van der Waals surface area (Å²) >= 11 is 0. The molecule has 2 heterocycles. The molecule has 0 saturated carbocycles. The zero-order valence-corrected chi connectivity index (χ0v) is 18.4. The standard InChI is InChI=1S/C24H31NO5/c1-15-20(22(23(27)28)30-24(3,4)5)25(18-11-13-29-14-12-18)16(2)19(21(15)26)17-9-7-6-8-10-17/h6-10,18,22H,11-14H2,1-5H3,(H,27,28). The predicted octanol–water partition coefficient (Wildman–Crippen LogP) is 4.42. The lowest BCUT2D eigenvalue weighted by molar-refractivity contribution is -0.161. The average Bonchev–Trinajstić information content (AvgIpc) is 2.70. The summed E-state index contributed by atoms with van der Waals surface area (Å²) in [6.07, 6.45) is 0.280. The van der Waals surface area contributed by atoms with Crippen molar-refractivity contribution in [2.24, 2.45) is 0 Å². The SMILES string of the molecule is Cc1c(C(OC(C)(C)C)C(=O)O)n(C2CCOCC2)c(C)c(-c2ccccc2)c1=O. The quantitative estimate of drug-likeness (QED) is 0.785. The lowest BCUT2D eigenvalue weighted by Crippen LogP contribution is -2.35. The molecule has 1 atom stereocenters. The molecule has 1 aliphatic rings. The van der Waals surface area contributed by atoms with Crippen molar-refractivity contribution in [1.82, 2.24) is 4.57 Å². The van der Waals surface area contributed by atoms with Crippen LogP contribution in [0.4, 0.5) is 0 Å². The van der Waals surface area contributed by atoms with Crippen molar-refractivity contribution >= 4 is 5.97 Å². The smallest absolute Gasteiger partial charge is 0.339 e. The van der Waals surface area contributed by atoms with Gasteiger partial charge < -0.3 is 19.1 Å². The van der Waals surface area contributed by atoms with Crippen LogP contribution in [0.25, 0.3) is 11.1 Å². The number of pyridine rings is 1. The minimum atomic E-state index is -1.23. The Morgan fingerprint density at radius 2 is 1.77 bits per heavy atom. The number of hydrogen-bond acceptors (Lipinski definition) is 4. The van der Waals surface area contributed by atoms with Crippen LogP contribution in [0, 0.1) is 13.8 Å². The number of carboxylic acid groups (broad SMARTS) is 1. The van der Waals surface area contributed by atoms with Crippen LogP contribution >= 0.6 is 0 Å². The van der Waals surface area contributed by atoms with Gasteiger partial charge in [-0.1, -0.05) is 30.3 Å². The highest BCUT2D eigenvalue weighted by atomic mass is 16.5. The van der Waals surface area contributed by atoms with Gasteiger partial charge >= 0.3 is 5.97 Å². The van der Waals surface area contributed by atoms with E-state index in [4.69, 9.17) is 9.47 Å². The fourth-order valence-electron chi connectivity index (χ4n) is 4.21. The van der Waals surface area contributed by atoms with E-state index in [-0.39, 0.29) is 11.5 Å². The molecule has 0 aliphatic carbocycles. The Kier molecular flexibility index (Phi) is 6.48. The summed E-state index contributed by atoms with van der Waals surface area (Å²) in [6, 6.07) is 9.59. The summed E-state index contributed by atoms with van der Waals surface area (Å²) in [5.74, 6) is -1.10. The molecule has 0 radical (unpaired) electrons. The number of nitrogens with zero attached hydrogens (tertiary/aromatic N) is 1. The minimum absolute atomic E-state index is 0.0425. The van der Waals surface area contributed by atoms with E-state index in [2.05, 4.69) is 0 Å². The Morgan fingerprint density at radius 1 is 1.17 bits per heavy atom. The first-order valence-corrected chi connectivity index (χ1v) is 10.4. The van der Waals surface area contributed by atoms with Gasteiger partial charge in [0.05, 0.1) is 11.3 Å². The van der Waals surface area contributed by atoms with Crippen LogP contribution in [-0.2, 0) is 14.3 Å². The fourth-order valence-corrected chi connectivity index (χ4v) is 4.21. The van der Waals surface area contributed by atoms with E-state index >= 15 is 0 Å². The van der Waals surface area contributed by atoms with Crippen molar-refractivity contribution in [3.8, 4) is 11.1 Å². The van der Waals surface area contributed by atoms with E-state index in [0.29, 0.717) is 30.0 Å². The molecule has 3 rings (SSSR count). The largest absolute Gasteiger partial charge is 0.479 e. The molecule has 2 aromatic rings. The van der Waals surface area contributed by atoms with Crippen LogP contribution < -0.4 is 5.43 Å². The zero-order valence-electron chi connectivity index (χ0n) is 18.4. The van der Waals surface area contributed by atoms with Gasteiger partial charge in [-0.3, -0.25) is 4.79 Å². The molecule has 1 aromatic carbocycles. The Balaban J connectivity index is 2.33. The Bertz CT molecular complexity index is 966. The third-order valence-electron chi connectivity index (χ3n) is 5.50. The van der Waals surface area contributed by atoms with E-state index in [0.717, 1.165) is 24.1 Å². The van der Waals surface area contributed by atoms with E-state index in [1.807, 2.05) is 62.6 Å². The van der Waals surface area contributed by atoms with Crippen LogP contribution in [0.2, 0.25) is 0 Å². The summed E-state index contributed by atoms with van der Waals surface area (Å²) < 4.78 is 13.5. The highest BCUT2D eigenvalue weighted by Crippen LogP contribution is 2.35. The normalized spacial score (nSPS) is 16.4. The van der Waals surface area contributed by atoms with Crippen LogP contribution in [0.3, 0.4) is 0 Å². The molecule has 0 amide bonds. The van der Waals surface area contributed by atoms with Crippen molar-refractivity contribution in [2.75, 3.05) is 13.2 Å².